The molecule has 0 radical (unpaired) electrons. The van der Waals surface area contributed by atoms with Crippen LogP contribution in [0.3, 0.4) is 0 Å². The first-order valence-corrected chi connectivity index (χ1v) is 9.40. The van der Waals surface area contributed by atoms with Crippen molar-refractivity contribution >= 4 is 10.0 Å². The maximum Gasteiger partial charge on any atom is 0.213 e. The number of aryl methyl sites for hydroxylation is 1. The molecule has 2 aromatic rings. The van der Waals surface area contributed by atoms with Gasteiger partial charge in [-0.15, -0.1) is 0 Å². The van der Waals surface area contributed by atoms with Crippen LogP contribution in [-0.4, -0.2) is 40.3 Å². The van der Waals surface area contributed by atoms with Crippen LogP contribution in [0.1, 0.15) is 23.9 Å². The zero-order chi connectivity index (χ0) is 16.4. The summed E-state index contributed by atoms with van der Waals surface area (Å²) in [7, 11) is -3.21. The molecule has 124 valence electrons. The minimum absolute atomic E-state index is 0.282. The maximum atomic E-state index is 11.8. The van der Waals surface area contributed by atoms with Gasteiger partial charge in [0.2, 0.25) is 15.9 Å². The Morgan fingerprint density at radius 1 is 1.35 bits per heavy atom. The first-order valence-electron chi connectivity index (χ1n) is 7.55. The van der Waals surface area contributed by atoms with Crippen molar-refractivity contribution in [1.82, 2.24) is 19.1 Å². The molecule has 1 aliphatic rings. The Hall–Kier alpha value is -1.93. The Labute approximate surface area is 135 Å². The predicted molar refractivity (Wildman–Crippen MR) is 85.4 cm³/mol. The van der Waals surface area contributed by atoms with Crippen LogP contribution in [0.2, 0.25) is 0 Å². The number of nitrogens with zero attached hydrogens (tertiary/aromatic N) is 4. The molecular formula is C15H20N4O3S. The molecule has 1 aliphatic heterocycles. The molecular weight excluding hydrogens is 316 g/mol. The molecule has 7 nitrogen and oxygen atoms in total. The van der Waals surface area contributed by atoms with Crippen molar-refractivity contribution in [3.05, 3.63) is 41.3 Å². The van der Waals surface area contributed by atoms with Gasteiger partial charge in [-0.05, 0) is 13.0 Å². The number of hydrogen-bond acceptors (Lipinski definition) is 5. The quantitative estimate of drug-likeness (QED) is 0.820. The van der Waals surface area contributed by atoms with Crippen LogP contribution in [0.4, 0.5) is 0 Å². The van der Waals surface area contributed by atoms with E-state index in [4.69, 9.17) is 4.74 Å². The Kier molecular flexibility index (Phi) is 4.36. The summed E-state index contributed by atoms with van der Waals surface area (Å²) < 4.78 is 32.7. The van der Waals surface area contributed by atoms with Gasteiger partial charge in [-0.1, -0.05) is 6.07 Å². The summed E-state index contributed by atoms with van der Waals surface area (Å²) in [6, 6.07) is 5.46. The van der Waals surface area contributed by atoms with Gasteiger partial charge >= 0.3 is 0 Å². The fraction of sp³-hybridized carbons (Fsp3) is 0.467. The number of pyridine rings is 1. The van der Waals surface area contributed by atoms with Crippen LogP contribution < -0.4 is 4.74 Å². The molecule has 0 unspecified atom stereocenters. The highest BCUT2D eigenvalue weighted by atomic mass is 32.2. The van der Waals surface area contributed by atoms with Gasteiger partial charge in [0.1, 0.15) is 12.3 Å². The van der Waals surface area contributed by atoms with Gasteiger partial charge in [0.25, 0.3) is 0 Å². The molecule has 0 spiro atoms. The Balaban J connectivity index is 1.85. The first-order chi connectivity index (χ1) is 11.0. The molecule has 2 aromatic heterocycles. The second-order valence-corrected chi connectivity index (χ2v) is 7.47. The van der Waals surface area contributed by atoms with Gasteiger partial charge in [0.15, 0.2) is 0 Å². The average Bonchev–Trinajstić information content (AvgIpc) is 2.90. The highest BCUT2D eigenvalue weighted by Crippen LogP contribution is 2.25. The summed E-state index contributed by atoms with van der Waals surface area (Å²) in [6.07, 6.45) is 3.58. The summed E-state index contributed by atoms with van der Waals surface area (Å²) >= 11 is 0. The number of hydrogen-bond donors (Lipinski definition) is 0. The fourth-order valence-corrected chi connectivity index (χ4v) is 3.56. The van der Waals surface area contributed by atoms with E-state index in [2.05, 4.69) is 10.1 Å². The Morgan fingerprint density at radius 3 is 2.83 bits per heavy atom. The molecule has 8 heteroatoms. The van der Waals surface area contributed by atoms with Crippen LogP contribution in [0.25, 0.3) is 0 Å². The van der Waals surface area contributed by atoms with Gasteiger partial charge < -0.3 is 4.74 Å². The van der Waals surface area contributed by atoms with E-state index in [9.17, 15) is 8.42 Å². The molecule has 0 saturated heterocycles. The number of fused-ring (bicyclic) bond motifs is 1. The average molecular weight is 336 g/mol. The Morgan fingerprint density at radius 2 is 2.17 bits per heavy atom. The van der Waals surface area contributed by atoms with Crippen molar-refractivity contribution in [2.45, 2.75) is 33.0 Å². The van der Waals surface area contributed by atoms with Crippen LogP contribution >= 0.6 is 0 Å². The van der Waals surface area contributed by atoms with Gasteiger partial charge in [-0.2, -0.15) is 9.40 Å². The van der Waals surface area contributed by atoms with E-state index in [1.165, 1.54) is 10.6 Å². The predicted octanol–water partition coefficient (Wildman–Crippen LogP) is 1.19. The molecule has 0 aliphatic carbocycles. The highest BCUT2D eigenvalue weighted by molar-refractivity contribution is 7.88. The van der Waals surface area contributed by atoms with Crippen molar-refractivity contribution in [2.24, 2.45) is 0 Å². The molecule has 3 rings (SSSR count). The van der Waals surface area contributed by atoms with E-state index >= 15 is 0 Å². The van der Waals surface area contributed by atoms with Crippen molar-refractivity contribution < 1.29 is 13.2 Å². The largest absolute Gasteiger partial charge is 0.471 e. The smallest absolute Gasteiger partial charge is 0.213 e. The van der Waals surface area contributed by atoms with E-state index in [0.29, 0.717) is 25.4 Å². The third-order valence-electron chi connectivity index (χ3n) is 3.95. The standard InChI is InChI=1S/C15H20N4O3S/c1-3-19-14-7-9-18(23(2,20)21)10-12(14)13(17-19)11-22-15-6-4-5-8-16-15/h4-6,8H,3,7,9-11H2,1-2H3. The van der Waals surface area contributed by atoms with Crippen molar-refractivity contribution in [1.29, 1.82) is 0 Å². The molecule has 0 fully saturated rings. The third kappa shape index (κ3) is 3.37. The zero-order valence-electron chi connectivity index (χ0n) is 13.3. The number of rotatable bonds is 5. The zero-order valence-corrected chi connectivity index (χ0v) is 14.1. The van der Waals surface area contributed by atoms with Crippen molar-refractivity contribution in [2.75, 3.05) is 12.8 Å². The van der Waals surface area contributed by atoms with E-state index in [0.717, 1.165) is 23.5 Å². The van der Waals surface area contributed by atoms with E-state index < -0.39 is 10.0 Å². The summed E-state index contributed by atoms with van der Waals surface area (Å²) in [6.45, 7) is 3.92. The third-order valence-corrected chi connectivity index (χ3v) is 5.19. The second-order valence-electron chi connectivity index (χ2n) is 5.49. The van der Waals surface area contributed by atoms with E-state index in [1.54, 1.807) is 12.3 Å². The lowest BCUT2D eigenvalue weighted by molar-refractivity contribution is 0.285. The van der Waals surface area contributed by atoms with Crippen LogP contribution in [0.5, 0.6) is 5.88 Å². The highest BCUT2D eigenvalue weighted by Gasteiger charge is 2.29. The number of ether oxygens (including phenoxy) is 1. The minimum atomic E-state index is -3.21. The molecule has 0 bridgehead atoms. The summed E-state index contributed by atoms with van der Waals surface area (Å²) in [5.41, 5.74) is 2.84. The van der Waals surface area contributed by atoms with Crippen LogP contribution in [0.15, 0.2) is 24.4 Å². The molecule has 0 atom stereocenters. The second kappa shape index (κ2) is 6.29. The lowest BCUT2D eigenvalue weighted by Gasteiger charge is -2.25. The summed E-state index contributed by atoms with van der Waals surface area (Å²) in [5.74, 6) is 0.531. The van der Waals surface area contributed by atoms with Gasteiger partial charge in [-0.3, -0.25) is 4.68 Å². The molecule has 23 heavy (non-hydrogen) atoms. The normalized spacial score (nSPS) is 15.4. The molecule has 3 heterocycles. The van der Waals surface area contributed by atoms with E-state index in [1.807, 2.05) is 23.7 Å². The Bertz CT molecular complexity index is 787. The maximum absolute atomic E-state index is 11.8. The SMILES string of the molecule is CCn1nc(COc2ccccn2)c2c1CCN(S(C)(=O)=O)C2. The van der Waals surface area contributed by atoms with Crippen LogP contribution in [-0.2, 0) is 36.1 Å². The summed E-state index contributed by atoms with van der Waals surface area (Å²) in [5, 5.41) is 4.58. The lowest BCUT2D eigenvalue weighted by Crippen LogP contribution is -2.35. The van der Waals surface area contributed by atoms with Gasteiger partial charge in [0.05, 0.1) is 6.26 Å². The molecule has 0 N–H and O–H groups in total. The fourth-order valence-electron chi connectivity index (χ4n) is 2.77. The van der Waals surface area contributed by atoms with Gasteiger partial charge in [0, 0.05) is 49.6 Å². The molecule has 0 saturated carbocycles. The first kappa shape index (κ1) is 15.9. The summed E-state index contributed by atoms with van der Waals surface area (Å²) in [4.78, 5) is 4.12. The van der Waals surface area contributed by atoms with E-state index in [-0.39, 0.29) is 6.61 Å². The lowest BCUT2D eigenvalue weighted by atomic mass is 10.1. The molecule has 0 aromatic carbocycles. The van der Waals surface area contributed by atoms with Gasteiger partial charge in [-0.25, -0.2) is 13.4 Å². The van der Waals surface area contributed by atoms with Crippen LogP contribution in [0, 0.1) is 0 Å². The molecule has 0 amide bonds. The van der Waals surface area contributed by atoms with Crippen molar-refractivity contribution in [3.63, 3.8) is 0 Å². The number of aromatic nitrogens is 3. The monoisotopic (exact) mass is 336 g/mol. The topological polar surface area (TPSA) is 77.3 Å². The number of sulfonamides is 1. The minimum Gasteiger partial charge on any atom is -0.471 e. The van der Waals surface area contributed by atoms with Crippen molar-refractivity contribution in [3.8, 4) is 5.88 Å².